The van der Waals surface area contributed by atoms with Gasteiger partial charge in [0.2, 0.25) is 0 Å². The Morgan fingerprint density at radius 3 is 2.50 bits per heavy atom. The zero-order valence-electron chi connectivity index (χ0n) is 10.8. The van der Waals surface area contributed by atoms with Crippen LogP contribution in [0, 0.1) is 0 Å². The van der Waals surface area contributed by atoms with Crippen LogP contribution in [0.15, 0.2) is 23.8 Å². The highest BCUT2D eigenvalue weighted by Gasteiger charge is 1.92. The van der Waals surface area contributed by atoms with Gasteiger partial charge in [0.15, 0.2) is 0 Å². The van der Waals surface area contributed by atoms with Crippen molar-refractivity contribution >= 4 is 5.97 Å². The molecule has 0 saturated heterocycles. The predicted molar refractivity (Wildman–Crippen MR) is 68.3 cm³/mol. The Morgan fingerprint density at radius 2 is 1.88 bits per heavy atom. The Bertz CT molecular complexity index is 239. The van der Waals surface area contributed by atoms with Gasteiger partial charge in [-0.15, -0.1) is 0 Å². The molecular weight excluding hydrogens is 200 g/mol. The van der Waals surface area contributed by atoms with E-state index in [1.807, 2.05) is 19.9 Å². The summed E-state index contributed by atoms with van der Waals surface area (Å²) in [7, 11) is 0. The summed E-state index contributed by atoms with van der Waals surface area (Å²) >= 11 is 0. The number of unbranched alkanes of at least 4 members (excludes halogenated alkanes) is 4. The number of hydrogen-bond acceptors (Lipinski definition) is 2. The molecule has 0 bridgehead atoms. The first-order valence-electron chi connectivity index (χ1n) is 6.22. The number of hydrogen-bond donors (Lipinski definition) is 0. The average molecular weight is 224 g/mol. The second-order valence-corrected chi connectivity index (χ2v) is 3.88. The van der Waals surface area contributed by atoms with Crippen molar-refractivity contribution in [2.75, 3.05) is 6.61 Å². The van der Waals surface area contributed by atoms with E-state index in [0.29, 0.717) is 6.61 Å². The summed E-state index contributed by atoms with van der Waals surface area (Å²) in [5.74, 6) is -0.263. The lowest BCUT2D eigenvalue weighted by molar-refractivity contribution is -0.137. The summed E-state index contributed by atoms with van der Waals surface area (Å²) in [5, 5.41) is 0. The Balaban J connectivity index is 3.73. The largest absolute Gasteiger partial charge is 0.463 e. The lowest BCUT2D eigenvalue weighted by Gasteiger charge is -1.97. The molecule has 0 aliphatic rings. The SMILES string of the molecule is CCCCCC/C=C(C)/C=C/C(=O)OCC. The maximum absolute atomic E-state index is 11.0. The molecule has 0 saturated carbocycles. The maximum Gasteiger partial charge on any atom is 0.330 e. The minimum atomic E-state index is -0.263. The Morgan fingerprint density at radius 1 is 1.12 bits per heavy atom. The monoisotopic (exact) mass is 224 g/mol. The van der Waals surface area contributed by atoms with Crippen LogP contribution in [0.1, 0.15) is 52.9 Å². The molecule has 0 aromatic heterocycles. The number of carbonyl (C=O) groups is 1. The second kappa shape index (κ2) is 10.5. The van der Waals surface area contributed by atoms with Crippen molar-refractivity contribution < 1.29 is 9.53 Å². The van der Waals surface area contributed by atoms with E-state index in [4.69, 9.17) is 4.74 Å². The van der Waals surface area contributed by atoms with E-state index in [2.05, 4.69) is 13.0 Å². The molecule has 16 heavy (non-hydrogen) atoms. The minimum Gasteiger partial charge on any atom is -0.463 e. The highest BCUT2D eigenvalue weighted by Crippen LogP contribution is 2.06. The van der Waals surface area contributed by atoms with Gasteiger partial charge in [0.05, 0.1) is 6.61 Å². The summed E-state index contributed by atoms with van der Waals surface area (Å²) in [6, 6.07) is 0. The van der Waals surface area contributed by atoms with Crippen molar-refractivity contribution in [2.24, 2.45) is 0 Å². The van der Waals surface area contributed by atoms with Crippen LogP contribution in [0.5, 0.6) is 0 Å². The van der Waals surface area contributed by atoms with Crippen LogP contribution in [-0.4, -0.2) is 12.6 Å². The van der Waals surface area contributed by atoms with Gasteiger partial charge >= 0.3 is 5.97 Å². The van der Waals surface area contributed by atoms with Gasteiger partial charge in [0.25, 0.3) is 0 Å². The molecule has 0 radical (unpaired) electrons. The van der Waals surface area contributed by atoms with E-state index in [1.165, 1.54) is 31.8 Å². The molecule has 92 valence electrons. The van der Waals surface area contributed by atoms with Crippen LogP contribution in [0.4, 0.5) is 0 Å². The summed E-state index contributed by atoms with van der Waals surface area (Å²) < 4.78 is 4.80. The lowest BCUT2D eigenvalue weighted by atomic mass is 10.1. The summed E-state index contributed by atoms with van der Waals surface area (Å²) in [5.41, 5.74) is 1.13. The number of esters is 1. The third-order valence-electron chi connectivity index (χ3n) is 2.29. The van der Waals surface area contributed by atoms with Crippen LogP contribution in [0.2, 0.25) is 0 Å². The van der Waals surface area contributed by atoms with Gasteiger partial charge in [-0.2, -0.15) is 0 Å². The molecule has 0 aliphatic heterocycles. The van der Waals surface area contributed by atoms with Crippen molar-refractivity contribution in [3.8, 4) is 0 Å². The van der Waals surface area contributed by atoms with Crippen LogP contribution in [0.25, 0.3) is 0 Å². The van der Waals surface area contributed by atoms with Crippen molar-refractivity contribution in [3.05, 3.63) is 23.8 Å². The summed E-state index contributed by atoms with van der Waals surface area (Å²) in [6.45, 7) is 6.46. The normalized spacial score (nSPS) is 12.1. The van der Waals surface area contributed by atoms with Crippen molar-refractivity contribution in [1.82, 2.24) is 0 Å². The van der Waals surface area contributed by atoms with E-state index in [9.17, 15) is 4.79 Å². The van der Waals surface area contributed by atoms with Gasteiger partial charge in [0, 0.05) is 6.08 Å². The molecular formula is C14H24O2. The number of allylic oxidation sites excluding steroid dienone is 3. The molecule has 0 rings (SSSR count). The van der Waals surface area contributed by atoms with Crippen LogP contribution < -0.4 is 0 Å². The minimum absolute atomic E-state index is 0.263. The van der Waals surface area contributed by atoms with Gasteiger partial charge in [-0.3, -0.25) is 0 Å². The van der Waals surface area contributed by atoms with Crippen molar-refractivity contribution in [1.29, 1.82) is 0 Å². The Labute approximate surface area is 99.4 Å². The molecule has 0 amide bonds. The number of rotatable bonds is 8. The standard InChI is InChI=1S/C14H24O2/c1-4-6-7-8-9-10-13(3)11-12-14(15)16-5-2/h10-12H,4-9H2,1-3H3/b12-11+,13-10+. The zero-order valence-corrected chi connectivity index (χ0v) is 10.8. The van der Waals surface area contributed by atoms with Gasteiger partial charge in [0.1, 0.15) is 0 Å². The molecule has 0 spiro atoms. The van der Waals surface area contributed by atoms with Crippen LogP contribution in [0.3, 0.4) is 0 Å². The average Bonchev–Trinajstić information content (AvgIpc) is 2.26. The van der Waals surface area contributed by atoms with Gasteiger partial charge in [-0.25, -0.2) is 4.79 Å². The first-order chi connectivity index (χ1) is 7.70. The van der Waals surface area contributed by atoms with E-state index < -0.39 is 0 Å². The fourth-order valence-corrected chi connectivity index (χ4v) is 1.36. The first kappa shape index (κ1) is 14.9. The van der Waals surface area contributed by atoms with Crippen LogP contribution >= 0.6 is 0 Å². The van der Waals surface area contributed by atoms with Gasteiger partial charge < -0.3 is 4.74 Å². The molecule has 2 heteroatoms. The summed E-state index contributed by atoms with van der Waals surface area (Å²) in [6.07, 6.45) is 11.7. The van der Waals surface area contributed by atoms with E-state index in [0.717, 1.165) is 12.0 Å². The quantitative estimate of drug-likeness (QED) is 0.269. The first-order valence-corrected chi connectivity index (χ1v) is 6.22. The van der Waals surface area contributed by atoms with Crippen LogP contribution in [-0.2, 0) is 9.53 Å². The highest BCUT2D eigenvalue weighted by molar-refractivity contribution is 5.82. The third-order valence-corrected chi connectivity index (χ3v) is 2.29. The molecule has 0 aromatic carbocycles. The third kappa shape index (κ3) is 9.50. The van der Waals surface area contributed by atoms with E-state index >= 15 is 0 Å². The van der Waals surface area contributed by atoms with E-state index in [1.54, 1.807) is 0 Å². The van der Waals surface area contributed by atoms with Gasteiger partial charge in [-0.05, 0) is 26.7 Å². The molecule has 2 nitrogen and oxygen atoms in total. The fraction of sp³-hybridized carbons (Fsp3) is 0.643. The van der Waals surface area contributed by atoms with E-state index in [-0.39, 0.29) is 5.97 Å². The number of carbonyl (C=O) groups excluding carboxylic acids is 1. The molecule has 0 N–H and O–H groups in total. The molecule has 0 unspecified atom stereocenters. The number of ether oxygens (including phenoxy) is 1. The van der Waals surface area contributed by atoms with Crippen molar-refractivity contribution in [3.63, 3.8) is 0 Å². The Hall–Kier alpha value is -1.05. The maximum atomic E-state index is 11.0. The molecule has 0 aliphatic carbocycles. The molecule has 0 fully saturated rings. The molecule has 0 aromatic rings. The lowest BCUT2D eigenvalue weighted by Crippen LogP contribution is -1.98. The second-order valence-electron chi connectivity index (χ2n) is 3.88. The highest BCUT2D eigenvalue weighted by atomic mass is 16.5. The molecule has 0 atom stereocenters. The predicted octanol–water partition coefficient (Wildman–Crippen LogP) is 4.02. The zero-order chi connectivity index (χ0) is 12.2. The summed E-state index contributed by atoms with van der Waals surface area (Å²) in [4.78, 5) is 11.0. The molecule has 0 heterocycles. The smallest absolute Gasteiger partial charge is 0.330 e. The van der Waals surface area contributed by atoms with Gasteiger partial charge in [-0.1, -0.05) is 43.9 Å². The fourth-order valence-electron chi connectivity index (χ4n) is 1.36. The topological polar surface area (TPSA) is 26.3 Å². The Kier molecular flexibility index (Phi) is 9.78. The van der Waals surface area contributed by atoms with Crippen molar-refractivity contribution in [2.45, 2.75) is 52.9 Å².